The number of fused-ring (bicyclic) bond motifs is 1. The number of ether oxygens (including phenoxy) is 1. The summed E-state index contributed by atoms with van der Waals surface area (Å²) in [5.41, 5.74) is -1.48. The summed E-state index contributed by atoms with van der Waals surface area (Å²) < 4.78 is 73.2. The minimum Gasteiger partial charge on any atom is -0.443 e. The minimum atomic E-state index is -4.60. The summed E-state index contributed by atoms with van der Waals surface area (Å²) in [7, 11) is -3.87. The molecule has 1 atom stereocenters. The number of carbonyl (C=O) groups excluding carboxylic acids is 1. The molecule has 0 aliphatic carbocycles. The van der Waals surface area contributed by atoms with Gasteiger partial charge in [0, 0.05) is 17.1 Å². The fourth-order valence-corrected chi connectivity index (χ4v) is 3.16. The third-order valence-electron chi connectivity index (χ3n) is 3.51. The van der Waals surface area contributed by atoms with Crippen molar-refractivity contribution in [2.24, 2.45) is 0 Å². The molecule has 1 unspecified atom stereocenters. The molecule has 0 bridgehead atoms. The second kappa shape index (κ2) is 6.83. The first-order valence-corrected chi connectivity index (χ1v) is 9.74. The van der Waals surface area contributed by atoms with Gasteiger partial charge < -0.3 is 4.74 Å². The van der Waals surface area contributed by atoms with Crippen molar-refractivity contribution in [1.82, 2.24) is 4.57 Å². The molecule has 0 aliphatic rings. The molecule has 1 aromatic carbocycles. The SMILES string of the molecule is CC(OS(C)(=O)=O)c1cn(C(=O)OC(C)(C)C)c2ccc(C(F)(F)F)cc12. The van der Waals surface area contributed by atoms with Crippen molar-refractivity contribution in [3.8, 4) is 0 Å². The van der Waals surface area contributed by atoms with Crippen molar-refractivity contribution in [3.63, 3.8) is 0 Å². The van der Waals surface area contributed by atoms with Crippen LogP contribution < -0.4 is 0 Å². The normalized spacial score (nSPS) is 14.4. The summed E-state index contributed by atoms with van der Waals surface area (Å²) in [4.78, 5) is 12.4. The van der Waals surface area contributed by atoms with E-state index in [1.807, 2.05) is 0 Å². The molecule has 27 heavy (non-hydrogen) atoms. The van der Waals surface area contributed by atoms with Gasteiger partial charge >= 0.3 is 12.3 Å². The summed E-state index contributed by atoms with van der Waals surface area (Å²) in [6.45, 7) is 6.31. The summed E-state index contributed by atoms with van der Waals surface area (Å²) in [5, 5.41) is 0.0480. The summed E-state index contributed by atoms with van der Waals surface area (Å²) in [6.07, 6.45) is -4.44. The number of aromatic nitrogens is 1. The van der Waals surface area contributed by atoms with Gasteiger partial charge in [-0.25, -0.2) is 4.79 Å². The number of hydrogen-bond acceptors (Lipinski definition) is 5. The Bertz CT molecular complexity index is 971. The Morgan fingerprint density at radius 1 is 1.19 bits per heavy atom. The predicted molar refractivity (Wildman–Crippen MR) is 92.9 cm³/mol. The third-order valence-corrected chi connectivity index (χ3v) is 4.15. The zero-order valence-corrected chi connectivity index (χ0v) is 16.2. The smallest absolute Gasteiger partial charge is 0.419 e. The lowest BCUT2D eigenvalue weighted by Crippen LogP contribution is -2.26. The highest BCUT2D eigenvalue weighted by Gasteiger charge is 2.32. The van der Waals surface area contributed by atoms with Gasteiger partial charge in [-0.3, -0.25) is 8.75 Å². The number of nitrogens with zero attached hydrogens (tertiary/aromatic N) is 1. The van der Waals surface area contributed by atoms with Crippen molar-refractivity contribution in [2.75, 3.05) is 6.26 Å². The second-order valence-corrected chi connectivity index (χ2v) is 8.71. The van der Waals surface area contributed by atoms with Crippen molar-refractivity contribution >= 4 is 27.1 Å². The van der Waals surface area contributed by atoms with E-state index in [9.17, 15) is 26.4 Å². The summed E-state index contributed by atoms with van der Waals surface area (Å²) in [6, 6.07) is 2.83. The Morgan fingerprint density at radius 2 is 1.78 bits per heavy atom. The molecule has 0 fully saturated rings. The number of hydrogen-bond donors (Lipinski definition) is 0. The number of alkyl halides is 3. The first kappa shape index (κ1) is 21.2. The van der Waals surface area contributed by atoms with E-state index in [1.165, 1.54) is 13.1 Å². The van der Waals surface area contributed by atoms with Crippen LogP contribution in [0, 0.1) is 0 Å². The third kappa shape index (κ3) is 5.23. The predicted octanol–water partition coefficient (Wildman–Crippen LogP) is 4.48. The maximum Gasteiger partial charge on any atom is 0.419 e. The van der Waals surface area contributed by atoms with E-state index < -0.39 is 39.7 Å². The van der Waals surface area contributed by atoms with Gasteiger partial charge in [0.15, 0.2) is 0 Å². The van der Waals surface area contributed by atoms with Crippen LogP contribution in [0.2, 0.25) is 0 Å². The summed E-state index contributed by atoms with van der Waals surface area (Å²) >= 11 is 0. The Hall–Kier alpha value is -2.07. The summed E-state index contributed by atoms with van der Waals surface area (Å²) in [5.74, 6) is 0. The lowest BCUT2D eigenvalue weighted by Gasteiger charge is -2.19. The molecule has 0 radical (unpaired) electrons. The molecular weight excluding hydrogens is 387 g/mol. The zero-order valence-electron chi connectivity index (χ0n) is 15.4. The van der Waals surface area contributed by atoms with Crippen LogP contribution in [0.1, 0.15) is 44.9 Å². The first-order chi connectivity index (χ1) is 12.1. The molecule has 2 aromatic rings. The van der Waals surface area contributed by atoms with E-state index in [0.717, 1.165) is 29.0 Å². The van der Waals surface area contributed by atoms with Gasteiger partial charge in [-0.2, -0.15) is 21.6 Å². The van der Waals surface area contributed by atoms with Crippen LogP contribution in [0.15, 0.2) is 24.4 Å². The first-order valence-electron chi connectivity index (χ1n) is 7.92. The second-order valence-electron chi connectivity index (χ2n) is 7.11. The fraction of sp³-hybridized carbons (Fsp3) is 0.471. The van der Waals surface area contributed by atoms with E-state index in [4.69, 9.17) is 8.92 Å². The topological polar surface area (TPSA) is 74.6 Å². The average Bonchev–Trinajstić information content (AvgIpc) is 2.81. The molecule has 0 spiro atoms. The number of benzene rings is 1. The zero-order chi connectivity index (χ0) is 20.8. The van der Waals surface area contributed by atoms with E-state index >= 15 is 0 Å². The molecule has 2 rings (SSSR count). The molecule has 0 N–H and O–H groups in total. The Morgan fingerprint density at radius 3 is 2.26 bits per heavy atom. The van der Waals surface area contributed by atoms with Gasteiger partial charge in [0.1, 0.15) is 11.7 Å². The van der Waals surface area contributed by atoms with Crippen molar-refractivity contribution < 1.29 is 35.3 Å². The molecule has 1 aromatic heterocycles. The van der Waals surface area contributed by atoms with Crippen LogP contribution in [-0.4, -0.2) is 30.9 Å². The van der Waals surface area contributed by atoms with Crippen LogP contribution in [0.4, 0.5) is 18.0 Å². The van der Waals surface area contributed by atoms with E-state index in [-0.39, 0.29) is 16.5 Å². The van der Waals surface area contributed by atoms with Gasteiger partial charge in [0.2, 0.25) is 0 Å². The standard InChI is InChI=1S/C17H20F3NO5S/c1-10(26-27(5,23)24)13-9-21(15(22)25-16(2,3)4)14-7-6-11(8-12(13)14)17(18,19)20/h6-10H,1-5H3. The van der Waals surface area contributed by atoms with E-state index in [2.05, 4.69) is 0 Å². The molecule has 150 valence electrons. The molecule has 10 heteroatoms. The molecule has 0 amide bonds. The minimum absolute atomic E-state index is 0.0480. The molecular formula is C17H20F3NO5S. The van der Waals surface area contributed by atoms with Crippen LogP contribution in [-0.2, 0) is 25.2 Å². The Kier molecular flexibility index (Phi) is 5.37. The molecule has 0 saturated heterocycles. The quantitative estimate of drug-likeness (QED) is 0.702. The maximum absolute atomic E-state index is 13.1. The highest BCUT2D eigenvalue weighted by molar-refractivity contribution is 7.86. The van der Waals surface area contributed by atoms with Crippen LogP contribution >= 0.6 is 0 Å². The van der Waals surface area contributed by atoms with Crippen LogP contribution in [0.25, 0.3) is 10.9 Å². The Balaban J connectivity index is 2.66. The molecule has 1 heterocycles. The lowest BCUT2D eigenvalue weighted by molar-refractivity contribution is -0.137. The van der Waals surface area contributed by atoms with Crippen LogP contribution in [0.3, 0.4) is 0 Å². The number of rotatable bonds is 3. The number of halogens is 3. The van der Waals surface area contributed by atoms with Gasteiger partial charge in [-0.15, -0.1) is 0 Å². The van der Waals surface area contributed by atoms with Gasteiger partial charge in [-0.1, -0.05) is 0 Å². The molecule has 0 saturated carbocycles. The monoisotopic (exact) mass is 407 g/mol. The maximum atomic E-state index is 13.1. The molecule has 6 nitrogen and oxygen atoms in total. The number of carbonyl (C=O) groups is 1. The van der Waals surface area contributed by atoms with Gasteiger partial charge in [0.25, 0.3) is 10.1 Å². The van der Waals surface area contributed by atoms with E-state index in [0.29, 0.717) is 0 Å². The highest BCUT2D eigenvalue weighted by Crippen LogP contribution is 2.36. The van der Waals surface area contributed by atoms with Gasteiger partial charge in [0.05, 0.1) is 17.3 Å². The van der Waals surface area contributed by atoms with E-state index in [1.54, 1.807) is 20.8 Å². The van der Waals surface area contributed by atoms with Crippen molar-refractivity contribution in [3.05, 3.63) is 35.5 Å². The largest absolute Gasteiger partial charge is 0.443 e. The average molecular weight is 407 g/mol. The fourth-order valence-electron chi connectivity index (χ4n) is 2.53. The molecule has 0 aliphatic heterocycles. The Labute approximate surface area is 155 Å². The lowest BCUT2D eigenvalue weighted by atomic mass is 10.1. The van der Waals surface area contributed by atoms with Crippen molar-refractivity contribution in [2.45, 2.75) is 45.6 Å². The van der Waals surface area contributed by atoms with Crippen LogP contribution in [0.5, 0.6) is 0 Å². The highest BCUT2D eigenvalue weighted by atomic mass is 32.2. The van der Waals surface area contributed by atoms with Crippen molar-refractivity contribution in [1.29, 1.82) is 0 Å². The van der Waals surface area contributed by atoms with Gasteiger partial charge in [-0.05, 0) is 45.9 Å².